The largest absolute Gasteiger partial charge is 0.491 e. The van der Waals surface area contributed by atoms with Gasteiger partial charge in [-0.2, -0.15) is 0 Å². The molecule has 3 heteroatoms. The second kappa shape index (κ2) is 7.65. The minimum absolute atomic E-state index is 0.151. The van der Waals surface area contributed by atoms with Crippen LogP contribution in [0.5, 0.6) is 5.75 Å². The first-order valence-corrected chi connectivity index (χ1v) is 7.52. The van der Waals surface area contributed by atoms with Crippen LogP contribution >= 0.6 is 0 Å². The van der Waals surface area contributed by atoms with Gasteiger partial charge in [0.05, 0.1) is 17.7 Å². The third kappa shape index (κ3) is 3.74. The van der Waals surface area contributed by atoms with Crippen LogP contribution in [0.25, 0.3) is 0 Å². The van der Waals surface area contributed by atoms with Crippen LogP contribution in [0.4, 0.5) is 0 Å². The van der Waals surface area contributed by atoms with Gasteiger partial charge in [-0.05, 0) is 51.4 Å². The number of nitrogens with one attached hydrogen (secondary N) is 1. The van der Waals surface area contributed by atoms with Crippen LogP contribution in [0.1, 0.15) is 52.1 Å². The van der Waals surface area contributed by atoms with Crippen LogP contribution in [0.2, 0.25) is 0 Å². The summed E-state index contributed by atoms with van der Waals surface area (Å²) in [6.45, 7) is 8.43. The Labute approximate surface area is 123 Å². The number of hydrogen-bond donors (Lipinski definition) is 1. The number of methoxy groups -OCH3 is 1. The Balaban J connectivity index is 3.11. The molecule has 0 aliphatic rings. The van der Waals surface area contributed by atoms with E-state index in [9.17, 15) is 0 Å². The molecule has 1 aromatic rings. The highest BCUT2D eigenvalue weighted by molar-refractivity contribution is 5.32. The van der Waals surface area contributed by atoms with Gasteiger partial charge in [0.15, 0.2) is 0 Å². The fourth-order valence-electron chi connectivity index (χ4n) is 2.84. The summed E-state index contributed by atoms with van der Waals surface area (Å²) < 4.78 is 11.7. The molecule has 1 aromatic carbocycles. The summed E-state index contributed by atoms with van der Waals surface area (Å²) in [4.78, 5) is 0. The molecule has 0 fully saturated rings. The maximum Gasteiger partial charge on any atom is 0.120 e. The molecule has 0 saturated heterocycles. The molecule has 20 heavy (non-hydrogen) atoms. The first kappa shape index (κ1) is 17.0. The fraction of sp³-hybridized carbons (Fsp3) is 0.647. The van der Waals surface area contributed by atoms with Crippen LogP contribution in [-0.2, 0) is 4.74 Å². The number of ether oxygens (including phenoxy) is 2. The van der Waals surface area contributed by atoms with E-state index in [0.29, 0.717) is 0 Å². The third-order valence-corrected chi connectivity index (χ3v) is 3.98. The molecule has 0 amide bonds. The van der Waals surface area contributed by atoms with Gasteiger partial charge in [0, 0.05) is 7.11 Å². The monoisotopic (exact) mass is 279 g/mol. The molecule has 0 aliphatic heterocycles. The molecule has 1 N–H and O–H groups in total. The zero-order chi connectivity index (χ0) is 15.2. The van der Waals surface area contributed by atoms with Gasteiger partial charge in [0.2, 0.25) is 0 Å². The summed E-state index contributed by atoms with van der Waals surface area (Å²) in [6.07, 6.45) is 2.10. The minimum Gasteiger partial charge on any atom is -0.491 e. The minimum atomic E-state index is -0.189. The normalized spacial score (nSPS) is 13.6. The number of hydrogen-bond acceptors (Lipinski definition) is 3. The van der Waals surface area contributed by atoms with Crippen LogP contribution in [0.15, 0.2) is 24.3 Å². The topological polar surface area (TPSA) is 30.5 Å². The second-order valence-corrected chi connectivity index (χ2v) is 5.44. The van der Waals surface area contributed by atoms with Crippen molar-refractivity contribution in [1.29, 1.82) is 0 Å². The highest BCUT2D eigenvalue weighted by Gasteiger charge is 2.36. The summed E-state index contributed by atoms with van der Waals surface area (Å²) in [7, 11) is 3.78. The third-order valence-electron chi connectivity index (χ3n) is 3.98. The zero-order valence-corrected chi connectivity index (χ0v) is 13.7. The van der Waals surface area contributed by atoms with Gasteiger partial charge in [0.25, 0.3) is 0 Å². The molecular formula is C17H29NO2. The van der Waals surface area contributed by atoms with Crippen LogP contribution < -0.4 is 10.1 Å². The molecule has 0 heterocycles. The molecule has 0 spiro atoms. The molecule has 1 rings (SSSR count). The van der Waals surface area contributed by atoms with Crippen molar-refractivity contribution in [2.75, 3.05) is 14.2 Å². The lowest BCUT2D eigenvalue weighted by Gasteiger charge is -2.38. The van der Waals surface area contributed by atoms with Gasteiger partial charge in [-0.3, -0.25) is 0 Å². The predicted molar refractivity (Wildman–Crippen MR) is 84.3 cm³/mol. The van der Waals surface area contributed by atoms with Gasteiger partial charge in [0.1, 0.15) is 5.75 Å². The van der Waals surface area contributed by atoms with E-state index in [1.807, 2.05) is 33.0 Å². The van der Waals surface area contributed by atoms with E-state index in [-0.39, 0.29) is 17.7 Å². The molecule has 1 atom stereocenters. The maximum absolute atomic E-state index is 5.86. The lowest BCUT2D eigenvalue weighted by atomic mass is 9.84. The fourth-order valence-corrected chi connectivity index (χ4v) is 2.84. The van der Waals surface area contributed by atoms with E-state index in [2.05, 4.69) is 31.3 Å². The van der Waals surface area contributed by atoms with Crippen LogP contribution in [0, 0.1) is 0 Å². The Morgan fingerprint density at radius 1 is 1.20 bits per heavy atom. The lowest BCUT2D eigenvalue weighted by molar-refractivity contribution is -0.0468. The van der Waals surface area contributed by atoms with Gasteiger partial charge in [-0.15, -0.1) is 0 Å². The average Bonchev–Trinajstić information content (AvgIpc) is 2.44. The Hall–Kier alpha value is -1.06. The Bertz CT molecular complexity index is 391. The predicted octanol–water partition coefficient (Wildman–Crippen LogP) is 3.94. The molecule has 0 aliphatic carbocycles. The van der Waals surface area contributed by atoms with Crippen molar-refractivity contribution in [1.82, 2.24) is 5.32 Å². The van der Waals surface area contributed by atoms with Crippen molar-refractivity contribution >= 4 is 0 Å². The summed E-state index contributed by atoms with van der Waals surface area (Å²) in [5.74, 6) is 0.912. The second-order valence-electron chi connectivity index (χ2n) is 5.44. The van der Waals surface area contributed by atoms with Gasteiger partial charge in [-0.1, -0.05) is 26.0 Å². The van der Waals surface area contributed by atoms with Crippen LogP contribution in [0.3, 0.4) is 0 Å². The zero-order valence-electron chi connectivity index (χ0n) is 13.7. The first-order valence-electron chi connectivity index (χ1n) is 7.52. The number of benzene rings is 1. The average molecular weight is 279 g/mol. The molecular weight excluding hydrogens is 250 g/mol. The molecule has 0 radical (unpaired) electrons. The maximum atomic E-state index is 5.86. The van der Waals surface area contributed by atoms with Crippen molar-refractivity contribution in [2.45, 2.75) is 58.3 Å². The lowest BCUT2D eigenvalue weighted by Crippen LogP contribution is -2.43. The van der Waals surface area contributed by atoms with E-state index in [4.69, 9.17) is 9.47 Å². The van der Waals surface area contributed by atoms with Gasteiger partial charge < -0.3 is 14.8 Å². The van der Waals surface area contributed by atoms with Crippen molar-refractivity contribution in [3.63, 3.8) is 0 Å². The molecule has 114 valence electrons. The van der Waals surface area contributed by atoms with Crippen molar-refractivity contribution in [2.24, 2.45) is 0 Å². The van der Waals surface area contributed by atoms with Crippen molar-refractivity contribution < 1.29 is 9.47 Å². The number of likely N-dealkylation sites (N-methyl/N-ethyl adjacent to an activating group) is 1. The molecule has 0 saturated carbocycles. The Kier molecular flexibility index (Phi) is 6.50. The van der Waals surface area contributed by atoms with E-state index in [0.717, 1.165) is 18.6 Å². The summed E-state index contributed by atoms with van der Waals surface area (Å²) in [6, 6.07) is 8.44. The van der Waals surface area contributed by atoms with E-state index in [1.165, 1.54) is 5.56 Å². The summed E-state index contributed by atoms with van der Waals surface area (Å²) in [5.41, 5.74) is 1.02. The molecule has 0 bridgehead atoms. The van der Waals surface area contributed by atoms with Crippen molar-refractivity contribution in [3.8, 4) is 5.75 Å². The highest BCUT2D eigenvalue weighted by atomic mass is 16.5. The van der Waals surface area contributed by atoms with E-state index in [1.54, 1.807) is 7.11 Å². The molecule has 1 unspecified atom stereocenters. The van der Waals surface area contributed by atoms with Gasteiger partial charge in [-0.25, -0.2) is 0 Å². The van der Waals surface area contributed by atoms with Crippen LogP contribution in [-0.4, -0.2) is 25.9 Å². The van der Waals surface area contributed by atoms with E-state index >= 15 is 0 Å². The Morgan fingerprint density at radius 2 is 1.85 bits per heavy atom. The van der Waals surface area contributed by atoms with E-state index < -0.39 is 0 Å². The first-order chi connectivity index (χ1) is 9.52. The standard InChI is InChI=1S/C17H29NO2/c1-7-17(8-2,19-6)16(18-5)14-10-9-11-15(12-14)20-13(3)4/h9-13,16,18H,7-8H2,1-6H3. The summed E-state index contributed by atoms with van der Waals surface area (Å²) >= 11 is 0. The Morgan fingerprint density at radius 3 is 2.30 bits per heavy atom. The molecule has 0 aromatic heterocycles. The number of rotatable bonds is 8. The summed E-state index contributed by atoms with van der Waals surface area (Å²) in [5, 5.41) is 3.41. The smallest absolute Gasteiger partial charge is 0.120 e. The quantitative estimate of drug-likeness (QED) is 0.782. The highest BCUT2D eigenvalue weighted by Crippen LogP contribution is 2.35. The molecule has 3 nitrogen and oxygen atoms in total. The van der Waals surface area contributed by atoms with Crippen molar-refractivity contribution in [3.05, 3.63) is 29.8 Å². The van der Waals surface area contributed by atoms with Gasteiger partial charge >= 0.3 is 0 Å². The SMILES string of the molecule is CCC(CC)(OC)C(NC)c1cccc(OC(C)C)c1.